The number of benzene rings is 1. The Bertz CT molecular complexity index is 487. The van der Waals surface area contributed by atoms with Crippen LogP contribution in [0.25, 0.3) is 0 Å². The first kappa shape index (κ1) is 15.7. The minimum Gasteiger partial charge on any atom is -0.383 e. The van der Waals surface area contributed by atoms with Crippen molar-refractivity contribution in [3.05, 3.63) is 33.9 Å². The normalized spacial score (nSPS) is 17.9. The van der Waals surface area contributed by atoms with Crippen molar-refractivity contribution in [2.45, 2.75) is 25.8 Å². The average Bonchev–Trinajstić information content (AvgIpc) is 2.96. The summed E-state index contributed by atoms with van der Waals surface area (Å²) in [7, 11) is 1.65. The fourth-order valence-electron chi connectivity index (χ4n) is 2.73. The number of rotatable bonds is 7. The van der Waals surface area contributed by atoms with Crippen LogP contribution in [0.3, 0.4) is 0 Å². The number of anilines is 1. The molecule has 1 saturated heterocycles. The molecular formula is C15H23N3O3. The van der Waals surface area contributed by atoms with E-state index >= 15 is 0 Å². The van der Waals surface area contributed by atoms with Gasteiger partial charge in [0, 0.05) is 32.3 Å². The molecule has 0 aliphatic carbocycles. The third kappa shape index (κ3) is 4.15. The third-order valence-electron chi connectivity index (χ3n) is 3.84. The molecule has 1 atom stereocenters. The van der Waals surface area contributed by atoms with Crippen LogP contribution in [0.4, 0.5) is 11.4 Å². The van der Waals surface area contributed by atoms with Gasteiger partial charge in [-0.25, -0.2) is 0 Å². The molecule has 6 heteroatoms. The second-order valence-corrected chi connectivity index (χ2v) is 5.48. The highest BCUT2D eigenvalue weighted by atomic mass is 16.6. The predicted octanol–water partition coefficient (Wildman–Crippen LogP) is 2.11. The Kier molecular flexibility index (Phi) is 5.52. The molecule has 1 fully saturated rings. The number of hydrogen-bond acceptors (Lipinski definition) is 5. The molecule has 0 saturated carbocycles. The van der Waals surface area contributed by atoms with Crippen molar-refractivity contribution in [2.24, 2.45) is 0 Å². The van der Waals surface area contributed by atoms with Gasteiger partial charge in [-0.2, -0.15) is 0 Å². The molecule has 1 heterocycles. The topological polar surface area (TPSA) is 67.6 Å². The smallest absolute Gasteiger partial charge is 0.292 e. The number of nitro benzene ring substituents is 1. The summed E-state index contributed by atoms with van der Waals surface area (Å²) in [6.45, 7) is 4.96. The number of nitro groups is 1. The quantitative estimate of drug-likeness (QED) is 0.616. The van der Waals surface area contributed by atoms with Crippen molar-refractivity contribution < 1.29 is 9.66 Å². The van der Waals surface area contributed by atoms with Crippen molar-refractivity contribution in [3.8, 4) is 0 Å². The van der Waals surface area contributed by atoms with Gasteiger partial charge in [0.25, 0.3) is 5.69 Å². The Morgan fingerprint density at radius 1 is 1.52 bits per heavy atom. The van der Waals surface area contributed by atoms with Crippen LogP contribution in [-0.2, 0) is 4.74 Å². The summed E-state index contributed by atoms with van der Waals surface area (Å²) in [6.07, 6.45) is 2.28. The molecule has 1 aromatic rings. The first-order valence-corrected chi connectivity index (χ1v) is 7.34. The van der Waals surface area contributed by atoms with Crippen molar-refractivity contribution in [2.75, 3.05) is 38.3 Å². The maximum atomic E-state index is 11.3. The summed E-state index contributed by atoms with van der Waals surface area (Å²) in [5.41, 5.74) is 1.87. The fourth-order valence-corrected chi connectivity index (χ4v) is 2.73. The lowest BCUT2D eigenvalue weighted by Crippen LogP contribution is -2.39. The molecule has 0 aromatic heterocycles. The molecule has 1 aliphatic rings. The van der Waals surface area contributed by atoms with Crippen molar-refractivity contribution in [3.63, 3.8) is 0 Å². The van der Waals surface area contributed by atoms with Crippen LogP contribution in [-0.4, -0.2) is 44.3 Å². The van der Waals surface area contributed by atoms with E-state index in [1.54, 1.807) is 19.2 Å². The second kappa shape index (κ2) is 7.38. The summed E-state index contributed by atoms with van der Waals surface area (Å²) in [5.74, 6) is 0. The van der Waals surface area contributed by atoms with Crippen LogP contribution in [0.2, 0.25) is 0 Å². The molecule has 1 unspecified atom stereocenters. The third-order valence-corrected chi connectivity index (χ3v) is 3.84. The highest BCUT2D eigenvalue weighted by Crippen LogP contribution is 2.29. The summed E-state index contributed by atoms with van der Waals surface area (Å²) >= 11 is 0. The van der Waals surface area contributed by atoms with Gasteiger partial charge in [0.1, 0.15) is 5.69 Å². The number of nitrogens with one attached hydrogen (secondary N) is 1. The van der Waals surface area contributed by atoms with Crippen molar-refractivity contribution in [1.82, 2.24) is 5.32 Å². The minimum atomic E-state index is -0.309. The van der Waals surface area contributed by atoms with Gasteiger partial charge in [0.15, 0.2) is 0 Å². The van der Waals surface area contributed by atoms with Gasteiger partial charge in [-0.3, -0.25) is 10.1 Å². The standard InChI is InChI=1S/C15H23N3O3/c1-12-5-6-14(18(19)20)15(10-12)17(8-9-21-2)11-13-4-3-7-16-13/h5-6,10,13,16H,3-4,7-9,11H2,1-2H3. The molecule has 1 aliphatic heterocycles. The number of methoxy groups -OCH3 is 1. The van der Waals surface area contributed by atoms with E-state index in [0.717, 1.165) is 25.1 Å². The van der Waals surface area contributed by atoms with Gasteiger partial charge < -0.3 is 15.0 Å². The largest absolute Gasteiger partial charge is 0.383 e. The molecule has 21 heavy (non-hydrogen) atoms. The van der Waals surface area contributed by atoms with E-state index in [1.165, 1.54) is 6.42 Å². The summed E-state index contributed by atoms with van der Waals surface area (Å²) in [4.78, 5) is 13.0. The zero-order chi connectivity index (χ0) is 15.2. The molecule has 0 radical (unpaired) electrons. The van der Waals surface area contributed by atoms with E-state index in [0.29, 0.717) is 24.9 Å². The number of ether oxygens (including phenoxy) is 1. The Morgan fingerprint density at radius 3 is 2.95 bits per heavy atom. The molecular weight excluding hydrogens is 270 g/mol. The minimum absolute atomic E-state index is 0.162. The fraction of sp³-hybridized carbons (Fsp3) is 0.600. The predicted molar refractivity (Wildman–Crippen MR) is 82.9 cm³/mol. The average molecular weight is 293 g/mol. The molecule has 116 valence electrons. The number of aryl methyl sites for hydroxylation is 1. The molecule has 2 rings (SSSR count). The number of hydrogen-bond donors (Lipinski definition) is 1. The molecule has 1 aromatic carbocycles. The first-order chi connectivity index (χ1) is 10.1. The number of nitrogens with zero attached hydrogens (tertiary/aromatic N) is 2. The summed E-state index contributed by atoms with van der Waals surface area (Å²) in [6, 6.07) is 5.65. The van der Waals surface area contributed by atoms with Crippen LogP contribution >= 0.6 is 0 Å². The molecule has 6 nitrogen and oxygen atoms in total. The van der Waals surface area contributed by atoms with Crippen LogP contribution < -0.4 is 10.2 Å². The zero-order valence-corrected chi connectivity index (χ0v) is 12.7. The van der Waals surface area contributed by atoms with Gasteiger partial charge in [0.05, 0.1) is 11.5 Å². The molecule has 1 N–H and O–H groups in total. The van der Waals surface area contributed by atoms with Gasteiger partial charge in [-0.15, -0.1) is 0 Å². The summed E-state index contributed by atoms with van der Waals surface area (Å²) < 4.78 is 5.16. The first-order valence-electron chi connectivity index (χ1n) is 7.34. The van der Waals surface area contributed by atoms with Gasteiger partial charge in [0.2, 0.25) is 0 Å². The SMILES string of the molecule is COCCN(CC1CCCN1)c1cc(C)ccc1[N+](=O)[O-]. The monoisotopic (exact) mass is 293 g/mol. The lowest BCUT2D eigenvalue weighted by Gasteiger charge is -2.27. The molecule has 0 amide bonds. The van der Waals surface area contributed by atoms with Crippen LogP contribution in [0.1, 0.15) is 18.4 Å². The van der Waals surface area contributed by atoms with E-state index < -0.39 is 0 Å². The Labute approximate surface area is 125 Å². The van der Waals surface area contributed by atoms with E-state index in [-0.39, 0.29) is 10.6 Å². The van der Waals surface area contributed by atoms with E-state index in [2.05, 4.69) is 10.2 Å². The van der Waals surface area contributed by atoms with Crippen molar-refractivity contribution in [1.29, 1.82) is 0 Å². The maximum Gasteiger partial charge on any atom is 0.292 e. The van der Waals surface area contributed by atoms with Gasteiger partial charge in [-0.1, -0.05) is 6.07 Å². The van der Waals surface area contributed by atoms with E-state index in [4.69, 9.17) is 4.74 Å². The van der Waals surface area contributed by atoms with Crippen LogP contribution in [0.5, 0.6) is 0 Å². The van der Waals surface area contributed by atoms with Crippen molar-refractivity contribution >= 4 is 11.4 Å². The Morgan fingerprint density at radius 2 is 2.33 bits per heavy atom. The highest BCUT2D eigenvalue weighted by Gasteiger charge is 2.23. The van der Waals surface area contributed by atoms with E-state index in [9.17, 15) is 10.1 Å². The lowest BCUT2D eigenvalue weighted by molar-refractivity contribution is -0.384. The Hall–Kier alpha value is -1.66. The van der Waals surface area contributed by atoms with Crippen LogP contribution in [0.15, 0.2) is 18.2 Å². The Balaban J connectivity index is 2.25. The lowest BCUT2D eigenvalue weighted by atomic mass is 10.1. The molecule has 0 bridgehead atoms. The zero-order valence-electron chi connectivity index (χ0n) is 12.7. The summed E-state index contributed by atoms with van der Waals surface area (Å²) in [5, 5.41) is 14.7. The second-order valence-electron chi connectivity index (χ2n) is 5.48. The van der Waals surface area contributed by atoms with Crippen LogP contribution in [0, 0.1) is 17.0 Å². The molecule has 0 spiro atoms. The van der Waals surface area contributed by atoms with Gasteiger partial charge in [-0.05, 0) is 37.9 Å². The maximum absolute atomic E-state index is 11.3. The van der Waals surface area contributed by atoms with Gasteiger partial charge >= 0.3 is 0 Å². The van der Waals surface area contributed by atoms with E-state index in [1.807, 2.05) is 13.0 Å². The highest BCUT2D eigenvalue weighted by molar-refractivity contribution is 5.64.